The van der Waals surface area contributed by atoms with Gasteiger partial charge in [-0.05, 0) is 42.8 Å². The monoisotopic (exact) mass is 310 g/mol. The Morgan fingerprint density at radius 2 is 1.87 bits per heavy atom. The fraction of sp³-hybridized carbons (Fsp3) is 0.118. The minimum Gasteiger partial charge on any atom is -0.497 e. The van der Waals surface area contributed by atoms with E-state index >= 15 is 0 Å². The number of benzene rings is 2. The molecule has 1 N–H and O–H groups in total. The summed E-state index contributed by atoms with van der Waals surface area (Å²) >= 11 is 0. The number of carbonyl (C=O) groups is 1. The van der Waals surface area contributed by atoms with E-state index in [0.717, 1.165) is 0 Å². The first kappa shape index (κ1) is 14.8. The van der Waals surface area contributed by atoms with Crippen molar-refractivity contribution in [2.75, 3.05) is 7.11 Å². The highest BCUT2D eigenvalue weighted by atomic mass is 16.6. The Morgan fingerprint density at radius 1 is 1.17 bits per heavy atom. The molecule has 0 atom stereocenters. The summed E-state index contributed by atoms with van der Waals surface area (Å²) in [5.74, 6) is 0.509. The van der Waals surface area contributed by atoms with Gasteiger partial charge in [-0.3, -0.25) is 14.9 Å². The molecule has 0 saturated carbocycles. The molecule has 0 aliphatic heterocycles. The first-order valence-corrected chi connectivity index (χ1v) is 6.96. The maximum Gasteiger partial charge on any atom is 0.270 e. The molecule has 6 heteroatoms. The summed E-state index contributed by atoms with van der Waals surface area (Å²) in [6, 6.07) is 11.3. The van der Waals surface area contributed by atoms with Crippen LogP contribution in [-0.2, 0) is 0 Å². The van der Waals surface area contributed by atoms with E-state index < -0.39 is 4.92 Å². The van der Waals surface area contributed by atoms with E-state index in [9.17, 15) is 14.9 Å². The van der Waals surface area contributed by atoms with E-state index in [0.29, 0.717) is 33.5 Å². The van der Waals surface area contributed by atoms with Crippen LogP contribution in [0.5, 0.6) is 5.75 Å². The molecule has 3 aromatic rings. The minimum atomic E-state index is -0.448. The predicted octanol–water partition coefficient (Wildman–Crippen LogP) is 3.62. The molecule has 0 unspecified atom stereocenters. The summed E-state index contributed by atoms with van der Waals surface area (Å²) in [4.78, 5) is 26.2. The molecule has 0 amide bonds. The second kappa shape index (κ2) is 5.57. The van der Waals surface area contributed by atoms with Crippen LogP contribution in [0.3, 0.4) is 0 Å². The van der Waals surface area contributed by atoms with E-state index in [1.54, 1.807) is 44.4 Å². The SMILES string of the molecule is COc1ccc(C(=O)c2[nH]c3ccc([N+](=O)[O-])cc3c2C)cc1. The lowest BCUT2D eigenvalue weighted by Gasteiger charge is -2.02. The van der Waals surface area contributed by atoms with Crippen LogP contribution in [0.1, 0.15) is 21.6 Å². The number of hydrogen-bond donors (Lipinski definition) is 1. The number of ketones is 1. The molecule has 0 fully saturated rings. The Bertz CT molecular complexity index is 910. The zero-order valence-electron chi connectivity index (χ0n) is 12.6. The smallest absolute Gasteiger partial charge is 0.270 e. The molecule has 23 heavy (non-hydrogen) atoms. The standard InChI is InChI=1S/C17H14N2O4/c1-10-14-9-12(19(21)22)5-8-15(14)18-16(10)17(20)11-3-6-13(23-2)7-4-11/h3-9,18H,1-2H3. The van der Waals surface area contributed by atoms with Crippen LogP contribution in [0.15, 0.2) is 42.5 Å². The number of rotatable bonds is 4. The molecule has 0 bridgehead atoms. The van der Waals surface area contributed by atoms with Gasteiger partial charge in [-0.25, -0.2) is 0 Å². The number of ether oxygens (including phenoxy) is 1. The van der Waals surface area contributed by atoms with Crippen LogP contribution < -0.4 is 4.74 Å². The number of methoxy groups -OCH3 is 1. The third-order valence-corrected chi connectivity index (χ3v) is 3.83. The fourth-order valence-electron chi connectivity index (χ4n) is 2.54. The zero-order valence-corrected chi connectivity index (χ0v) is 12.6. The first-order valence-electron chi connectivity index (χ1n) is 6.96. The molecule has 0 saturated heterocycles. The number of fused-ring (bicyclic) bond motifs is 1. The third-order valence-electron chi connectivity index (χ3n) is 3.83. The molecule has 0 radical (unpaired) electrons. The van der Waals surface area contributed by atoms with Gasteiger partial charge in [0.1, 0.15) is 5.75 Å². The molecule has 0 spiro atoms. The third kappa shape index (κ3) is 2.55. The van der Waals surface area contributed by atoms with Crippen molar-refractivity contribution in [1.82, 2.24) is 4.98 Å². The van der Waals surface area contributed by atoms with Crippen LogP contribution in [0.4, 0.5) is 5.69 Å². The van der Waals surface area contributed by atoms with Gasteiger partial charge in [-0.15, -0.1) is 0 Å². The van der Waals surface area contributed by atoms with Crippen molar-refractivity contribution in [1.29, 1.82) is 0 Å². The van der Waals surface area contributed by atoms with Crippen LogP contribution in [-0.4, -0.2) is 22.8 Å². The highest BCUT2D eigenvalue weighted by Crippen LogP contribution is 2.27. The van der Waals surface area contributed by atoms with E-state index in [4.69, 9.17) is 4.74 Å². The fourth-order valence-corrected chi connectivity index (χ4v) is 2.54. The summed E-state index contributed by atoms with van der Waals surface area (Å²) < 4.78 is 5.08. The van der Waals surface area contributed by atoms with Gasteiger partial charge < -0.3 is 9.72 Å². The zero-order chi connectivity index (χ0) is 16.6. The topological polar surface area (TPSA) is 85.2 Å². The van der Waals surface area contributed by atoms with Crippen molar-refractivity contribution in [2.24, 2.45) is 0 Å². The average molecular weight is 310 g/mol. The lowest BCUT2D eigenvalue weighted by atomic mass is 10.0. The van der Waals surface area contributed by atoms with Gasteiger partial charge in [-0.1, -0.05) is 0 Å². The summed E-state index contributed by atoms with van der Waals surface area (Å²) in [6.07, 6.45) is 0. The Hall–Kier alpha value is -3.15. The maximum atomic E-state index is 12.6. The van der Waals surface area contributed by atoms with Crippen LogP contribution in [0, 0.1) is 17.0 Å². The van der Waals surface area contributed by atoms with Gasteiger partial charge in [0.2, 0.25) is 5.78 Å². The Kier molecular flexibility index (Phi) is 3.57. The Labute approximate surface area is 131 Å². The molecule has 1 aromatic heterocycles. The van der Waals surface area contributed by atoms with Crippen molar-refractivity contribution in [3.05, 3.63) is 69.4 Å². The lowest BCUT2D eigenvalue weighted by Crippen LogP contribution is -2.03. The van der Waals surface area contributed by atoms with E-state index in [1.165, 1.54) is 12.1 Å². The van der Waals surface area contributed by atoms with Crippen molar-refractivity contribution in [3.8, 4) is 5.75 Å². The molecule has 2 aromatic carbocycles. The number of nitrogens with zero attached hydrogens (tertiary/aromatic N) is 1. The van der Waals surface area contributed by atoms with Gasteiger partial charge in [0.05, 0.1) is 17.7 Å². The summed E-state index contributed by atoms with van der Waals surface area (Å²) in [5, 5.41) is 11.6. The Balaban J connectivity index is 2.06. The molecule has 116 valence electrons. The van der Waals surface area contributed by atoms with Crippen molar-refractivity contribution < 1.29 is 14.5 Å². The molecule has 0 aliphatic carbocycles. The van der Waals surface area contributed by atoms with Gasteiger partial charge in [0.15, 0.2) is 0 Å². The minimum absolute atomic E-state index is 0.00282. The van der Waals surface area contributed by atoms with E-state index in [1.807, 2.05) is 0 Å². The van der Waals surface area contributed by atoms with Crippen LogP contribution >= 0.6 is 0 Å². The predicted molar refractivity (Wildman–Crippen MR) is 86.1 cm³/mol. The quantitative estimate of drug-likeness (QED) is 0.453. The molecular formula is C17H14N2O4. The average Bonchev–Trinajstić information content (AvgIpc) is 2.90. The highest BCUT2D eigenvalue weighted by molar-refractivity contribution is 6.11. The van der Waals surface area contributed by atoms with Gasteiger partial charge >= 0.3 is 0 Å². The number of nitrogens with one attached hydrogen (secondary N) is 1. The molecule has 0 aliphatic rings. The summed E-state index contributed by atoms with van der Waals surface area (Å²) in [7, 11) is 1.56. The number of aryl methyl sites for hydroxylation is 1. The second-order valence-electron chi connectivity index (χ2n) is 5.17. The number of aromatic nitrogens is 1. The van der Waals surface area contributed by atoms with E-state index in [2.05, 4.69) is 4.98 Å². The van der Waals surface area contributed by atoms with Crippen molar-refractivity contribution in [2.45, 2.75) is 6.92 Å². The van der Waals surface area contributed by atoms with Crippen molar-refractivity contribution in [3.63, 3.8) is 0 Å². The van der Waals surface area contributed by atoms with Crippen LogP contribution in [0.25, 0.3) is 10.9 Å². The largest absolute Gasteiger partial charge is 0.497 e. The second-order valence-corrected chi connectivity index (χ2v) is 5.17. The molecule has 3 rings (SSSR count). The van der Waals surface area contributed by atoms with Gasteiger partial charge in [-0.2, -0.15) is 0 Å². The number of nitro benzene ring substituents is 1. The van der Waals surface area contributed by atoms with Crippen molar-refractivity contribution >= 4 is 22.4 Å². The molecular weight excluding hydrogens is 296 g/mol. The Morgan fingerprint density at radius 3 is 2.48 bits per heavy atom. The number of hydrogen-bond acceptors (Lipinski definition) is 4. The summed E-state index contributed by atoms with van der Waals surface area (Å²) in [5.41, 5.74) is 2.36. The van der Waals surface area contributed by atoms with Gasteiger partial charge in [0, 0.05) is 28.6 Å². The number of carbonyl (C=O) groups excluding carboxylic acids is 1. The summed E-state index contributed by atoms with van der Waals surface area (Å²) in [6.45, 7) is 1.78. The highest BCUT2D eigenvalue weighted by Gasteiger charge is 2.18. The number of H-pyrrole nitrogens is 1. The number of non-ortho nitro benzene ring substituents is 1. The normalized spacial score (nSPS) is 10.7. The lowest BCUT2D eigenvalue weighted by molar-refractivity contribution is -0.384. The molecule has 1 heterocycles. The first-order chi connectivity index (χ1) is 11.0. The maximum absolute atomic E-state index is 12.6. The van der Waals surface area contributed by atoms with E-state index in [-0.39, 0.29) is 11.5 Å². The number of aromatic amines is 1. The van der Waals surface area contributed by atoms with Crippen LogP contribution in [0.2, 0.25) is 0 Å². The van der Waals surface area contributed by atoms with Gasteiger partial charge in [0.25, 0.3) is 5.69 Å². The molecule has 6 nitrogen and oxygen atoms in total. The number of nitro groups is 1.